The maximum absolute atomic E-state index is 13.1. The highest BCUT2D eigenvalue weighted by Crippen LogP contribution is 2.30. The van der Waals surface area contributed by atoms with Gasteiger partial charge in [0.25, 0.3) is 0 Å². The topological polar surface area (TPSA) is 53.0 Å². The molecule has 0 saturated heterocycles. The first-order valence-corrected chi connectivity index (χ1v) is 5.86. The minimum absolute atomic E-state index is 0.227. The lowest BCUT2D eigenvalue weighted by atomic mass is 10.0. The molecule has 0 radical (unpaired) electrons. The quantitative estimate of drug-likeness (QED) is 0.916. The number of nitrogens with zero attached hydrogens (tertiary/aromatic N) is 2. The van der Waals surface area contributed by atoms with Crippen molar-refractivity contribution in [2.45, 2.75) is 31.6 Å². The maximum Gasteiger partial charge on any atom is 0.410 e. The maximum atomic E-state index is 13.1. The van der Waals surface area contributed by atoms with Crippen molar-refractivity contribution >= 4 is 5.69 Å². The van der Waals surface area contributed by atoms with Crippen molar-refractivity contribution in [2.24, 2.45) is 5.73 Å². The van der Waals surface area contributed by atoms with Crippen LogP contribution in [0.25, 0.3) is 0 Å². The van der Waals surface area contributed by atoms with Crippen LogP contribution in [0.5, 0.6) is 0 Å². The molecule has 0 spiro atoms. The molecule has 1 rings (SSSR count). The Morgan fingerprint density at radius 1 is 1.32 bits per heavy atom. The average Bonchev–Trinajstić information content (AvgIpc) is 2.37. The molecule has 2 N–H and O–H groups in total. The van der Waals surface area contributed by atoms with Gasteiger partial charge in [-0.15, -0.1) is 0 Å². The van der Waals surface area contributed by atoms with E-state index in [0.29, 0.717) is 11.3 Å². The van der Waals surface area contributed by atoms with Crippen molar-refractivity contribution in [3.8, 4) is 6.07 Å². The van der Waals surface area contributed by atoms with Crippen molar-refractivity contribution in [1.82, 2.24) is 0 Å². The van der Waals surface area contributed by atoms with Crippen molar-refractivity contribution in [1.29, 1.82) is 5.26 Å². The van der Waals surface area contributed by atoms with E-state index in [1.54, 1.807) is 6.92 Å². The Morgan fingerprint density at radius 2 is 1.84 bits per heavy atom. The Kier molecular flexibility index (Phi) is 4.78. The van der Waals surface area contributed by atoms with Crippen LogP contribution in [0.1, 0.15) is 18.9 Å². The third-order valence-electron chi connectivity index (χ3n) is 3.03. The Labute approximate surface area is 110 Å². The Morgan fingerprint density at radius 3 is 2.21 bits per heavy atom. The van der Waals surface area contributed by atoms with Gasteiger partial charge in [-0.1, -0.05) is 6.92 Å². The SMILES string of the molecule is CCC(N)C(N(C)c1ccc(C#N)cc1)C(F)(F)F. The van der Waals surface area contributed by atoms with Crippen molar-refractivity contribution in [2.75, 3.05) is 11.9 Å². The molecule has 2 atom stereocenters. The van der Waals surface area contributed by atoms with Gasteiger partial charge in [0.05, 0.1) is 11.6 Å². The lowest BCUT2D eigenvalue weighted by Gasteiger charge is -2.35. The van der Waals surface area contributed by atoms with Crippen LogP contribution in [0.4, 0.5) is 18.9 Å². The summed E-state index contributed by atoms with van der Waals surface area (Å²) >= 11 is 0. The van der Waals surface area contributed by atoms with E-state index in [0.717, 1.165) is 4.90 Å². The van der Waals surface area contributed by atoms with Crippen molar-refractivity contribution in [3.63, 3.8) is 0 Å². The summed E-state index contributed by atoms with van der Waals surface area (Å²) in [6, 6.07) is 5.11. The van der Waals surface area contributed by atoms with Gasteiger partial charge in [0.1, 0.15) is 6.04 Å². The number of rotatable bonds is 4. The predicted molar refractivity (Wildman–Crippen MR) is 67.7 cm³/mol. The summed E-state index contributed by atoms with van der Waals surface area (Å²) in [5.41, 5.74) is 6.37. The zero-order valence-corrected chi connectivity index (χ0v) is 10.8. The monoisotopic (exact) mass is 271 g/mol. The van der Waals surface area contributed by atoms with Crippen LogP contribution in [0.3, 0.4) is 0 Å². The second-order valence-corrected chi connectivity index (χ2v) is 4.33. The molecule has 0 aromatic heterocycles. The van der Waals surface area contributed by atoms with E-state index in [-0.39, 0.29) is 6.42 Å². The third kappa shape index (κ3) is 3.61. The number of hydrogen-bond donors (Lipinski definition) is 1. The van der Waals surface area contributed by atoms with Crippen LogP contribution in [-0.2, 0) is 0 Å². The van der Waals surface area contributed by atoms with Gasteiger partial charge in [-0.25, -0.2) is 0 Å². The second kappa shape index (κ2) is 5.93. The number of hydrogen-bond acceptors (Lipinski definition) is 3. The van der Waals surface area contributed by atoms with Gasteiger partial charge in [-0.2, -0.15) is 18.4 Å². The van der Waals surface area contributed by atoms with Crippen LogP contribution in [-0.4, -0.2) is 25.3 Å². The number of nitriles is 1. The van der Waals surface area contributed by atoms with Gasteiger partial charge >= 0.3 is 6.18 Å². The summed E-state index contributed by atoms with van der Waals surface area (Å²) in [6.45, 7) is 1.62. The number of alkyl halides is 3. The summed E-state index contributed by atoms with van der Waals surface area (Å²) < 4.78 is 39.2. The third-order valence-corrected chi connectivity index (χ3v) is 3.03. The molecule has 1 aromatic carbocycles. The Balaban J connectivity index is 3.05. The van der Waals surface area contributed by atoms with Gasteiger partial charge in [0, 0.05) is 18.8 Å². The van der Waals surface area contributed by atoms with Crippen LogP contribution in [0, 0.1) is 11.3 Å². The highest BCUT2D eigenvalue weighted by molar-refractivity contribution is 5.50. The molecule has 1 aromatic rings. The fraction of sp³-hybridized carbons (Fsp3) is 0.462. The zero-order valence-electron chi connectivity index (χ0n) is 10.8. The number of anilines is 1. The molecule has 0 saturated carbocycles. The van der Waals surface area contributed by atoms with Crippen LogP contribution < -0.4 is 10.6 Å². The summed E-state index contributed by atoms with van der Waals surface area (Å²) in [4.78, 5) is 1.11. The fourth-order valence-corrected chi connectivity index (χ4v) is 1.90. The van der Waals surface area contributed by atoms with E-state index in [4.69, 9.17) is 11.0 Å². The summed E-state index contributed by atoms with van der Waals surface area (Å²) in [5, 5.41) is 8.67. The Hall–Kier alpha value is -1.74. The highest BCUT2D eigenvalue weighted by atomic mass is 19.4. The molecule has 3 nitrogen and oxygen atoms in total. The number of benzene rings is 1. The molecule has 2 unspecified atom stereocenters. The van der Waals surface area contributed by atoms with E-state index in [9.17, 15) is 13.2 Å². The van der Waals surface area contributed by atoms with Crippen LogP contribution in [0.2, 0.25) is 0 Å². The van der Waals surface area contributed by atoms with Gasteiger partial charge in [0.15, 0.2) is 0 Å². The standard InChI is InChI=1S/C13H16F3N3/c1-3-11(18)12(13(14,15)16)19(2)10-6-4-9(8-17)5-7-10/h4-7,11-12H,3,18H2,1-2H3. The minimum Gasteiger partial charge on any atom is -0.362 e. The van der Waals surface area contributed by atoms with Gasteiger partial charge < -0.3 is 10.6 Å². The van der Waals surface area contributed by atoms with Crippen molar-refractivity contribution in [3.05, 3.63) is 29.8 Å². The Bertz CT molecular complexity index is 448. The molecule has 6 heteroatoms. The van der Waals surface area contributed by atoms with E-state index in [1.807, 2.05) is 6.07 Å². The van der Waals surface area contributed by atoms with Gasteiger partial charge in [-0.3, -0.25) is 0 Å². The summed E-state index contributed by atoms with van der Waals surface area (Å²) in [7, 11) is 1.36. The van der Waals surface area contributed by atoms with E-state index in [2.05, 4.69) is 0 Å². The minimum atomic E-state index is -4.40. The van der Waals surface area contributed by atoms with Crippen LogP contribution >= 0.6 is 0 Å². The summed E-state index contributed by atoms with van der Waals surface area (Å²) in [5.74, 6) is 0. The molecule has 19 heavy (non-hydrogen) atoms. The molecule has 0 aliphatic heterocycles. The van der Waals surface area contributed by atoms with Gasteiger partial charge in [0.2, 0.25) is 0 Å². The van der Waals surface area contributed by atoms with E-state index in [1.165, 1.54) is 31.3 Å². The fourth-order valence-electron chi connectivity index (χ4n) is 1.90. The van der Waals surface area contributed by atoms with E-state index >= 15 is 0 Å². The average molecular weight is 271 g/mol. The lowest BCUT2D eigenvalue weighted by Crippen LogP contribution is -2.54. The molecule has 0 aliphatic rings. The van der Waals surface area contributed by atoms with E-state index < -0.39 is 18.3 Å². The molecular formula is C13H16F3N3. The first-order valence-electron chi connectivity index (χ1n) is 5.86. The normalized spacial score (nSPS) is 14.6. The number of likely N-dealkylation sites (N-methyl/N-ethyl adjacent to an activating group) is 1. The van der Waals surface area contributed by atoms with Crippen molar-refractivity contribution < 1.29 is 13.2 Å². The molecule has 0 amide bonds. The number of nitrogens with two attached hydrogens (primary N) is 1. The molecular weight excluding hydrogens is 255 g/mol. The van der Waals surface area contributed by atoms with Gasteiger partial charge in [-0.05, 0) is 30.7 Å². The number of halogens is 3. The molecule has 0 fully saturated rings. The zero-order chi connectivity index (χ0) is 14.6. The second-order valence-electron chi connectivity index (χ2n) is 4.33. The summed E-state index contributed by atoms with van der Waals surface area (Å²) in [6.07, 6.45) is -4.18. The first kappa shape index (κ1) is 15.3. The first-order chi connectivity index (χ1) is 8.81. The highest BCUT2D eigenvalue weighted by Gasteiger charge is 2.45. The lowest BCUT2D eigenvalue weighted by molar-refractivity contribution is -0.152. The smallest absolute Gasteiger partial charge is 0.362 e. The van der Waals surface area contributed by atoms with Crippen LogP contribution in [0.15, 0.2) is 24.3 Å². The molecule has 0 aliphatic carbocycles. The molecule has 0 bridgehead atoms. The molecule has 0 heterocycles. The predicted octanol–water partition coefficient (Wildman–Crippen LogP) is 2.66. The molecule has 104 valence electrons. The largest absolute Gasteiger partial charge is 0.410 e.